The van der Waals surface area contributed by atoms with Gasteiger partial charge in [0, 0.05) is 47.6 Å². The van der Waals surface area contributed by atoms with Gasteiger partial charge < -0.3 is 19.4 Å². The van der Waals surface area contributed by atoms with E-state index in [2.05, 4.69) is 35.8 Å². The van der Waals surface area contributed by atoms with Crippen LogP contribution in [0.3, 0.4) is 0 Å². The summed E-state index contributed by atoms with van der Waals surface area (Å²) in [4.78, 5) is 38.1. The Kier molecular flexibility index (Phi) is 8.49. The van der Waals surface area contributed by atoms with Crippen molar-refractivity contribution < 1.29 is 27.1 Å². The molecular weight excluding hydrogens is 553 g/mol. The van der Waals surface area contributed by atoms with E-state index in [4.69, 9.17) is 9.15 Å². The van der Waals surface area contributed by atoms with Gasteiger partial charge in [-0.2, -0.15) is 13.2 Å². The van der Waals surface area contributed by atoms with E-state index in [1.807, 2.05) is 25.9 Å². The fourth-order valence-electron chi connectivity index (χ4n) is 3.72. The number of carbonyl (C=O) groups excluding carboxylic acids is 1. The number of rotatable bonds is 9. The Hall–Kier alpha value is -4.31. The molecule has 1 atom stereocenters. The second-order valence-corrected chi connectivity index (χ2v) is 9.68. The highest BCUT2D eigenvalue weighted by molar-refractivity contribution is 7.13. The maximum absolute atomic E-state index is 13.4. The van der Waals surface area contributed by atoms with Gasteiger partial charge in [0.15, 0.2) is 5.69 Å². The number of likely N-dealkylation sites (N-methyl/N-ethyl adjacent to an activating group) is 1. The molecule has 0 aliphatic carbocycles. The van der Waals surface area contributed by atoms with Gasteiger partial charge in [-0.1, -0.05) is 0 Å². The van der Waals surface area contributed by atoms with Gasteiger partial charge in [0.2, 0.25) is 5.88 Å². The molecule has 4 rings (SSSR count). The summed E-state index contributed by atoms with van der Waals surface area (Å²) in [5.74, 6) is -0.596. The molecule has 212 valence electrons. The molecule has 2 amide bonds. The van der Waals surface area contributed by atoms with Gasteiger partial charge in [0.25, 0.3) is 5.89 Å². The van der Waals surface area contributed by atoms with Crippen molar-refractivity contribution >= 4 is 23.2 Å². The van der Waals surface area contributed by atoms with Crippen LogP contribution in [0.4, 0.5) is 23.8 Å². The van der Waals surface area contributed by atoms with Crippen LogP contribution in [0.1, 0.15) is 19.5 Å². The second-order valence-electron chi connectivity index (χ2n) is 8.82. The summed E-state index contributed by atoms with van der Waals surface area (Å²) in [5, 5.41) is 12.0. The van der Waals surface area contributed by atoms with Gasteiger partial charge in [0.1, 0.15) is 16.9 Å². The fraction of sp³-hybridized carbons (Fsp3) is 0.333. The molecule has 0 radical (unpaired) electrons. The number of pyridine rings is 2. The first-order valence-electron chi connectivity index (χ1n) is 11.9. The number of aromatic nitrogens is 5. The zero-order valence-corrected chi connectivity index (χ0v) is 22.6. The Bertz CT molecular complexity index is 1550. The minimum atomic E-state index is -4.65. The van der Waals surface area contributed by atoms with Crippen molar-refractivity contribution in [2.45, 2.75) is 26.1 Å². The van der Waals surface area contributed by atoms with E-state index in [1.54, 1.807) is 13.0 Å². The Morgan fingerprint density at radius 3 is 2.60 bits per heavy atom. The molecule has 40 heavy (non-hydrogen) atoms. The summed E-state index contributed by atoms with van der Waals surface area (Å²) < 4.78 is 51.4. The first-order chi connectivity index (χ1) is 18.9. The van der Waals surface area contributed by atoms with Crippen molar-refractivity contribution in [2.75, 3.05) is 32.5 Å². The van der Waals surface area contributed by atoms with E-state index in [-0.39, 0.29) is 34.3 Å². The van der Waals surface area contributed by atoms with Crippen molar-refractivity contribution in [2.24, 2.45) is 0 Å². The third-order valence-corrected chi connectivity index (χ3v) is 6.14. The summed E-state index contributed by atoms with van der Waals surface area (Å²) in [6, 6.07) is 2.44. The smallest absolute Gasteiger partial charge is 0.434 e. The van der Waals surface area contributed by atoms with E-state index in [0.29, 0.717) is 29.8 Å². The number of amides is 2. The minimum absolute atomic E-state index is 0.0210. The van der Waals surface area contributed by atoms with Crippen molar-refractivity contribution in [1.82, 2.24) is 35.4 Å². The third-order valence-electron chi connectivity index (χ3n) is 5.27. The number of H-pyrrole nitrogens is 1. The topological polar surface area (TPSA) is 151 Å². The van der Waals surface area contributed by atoms with Gasteiger partial charge in [-0.15, -0.1) is 16.4 Å². The first kappa shape index (κ1) is 28.7. The van der Waals surface area contributed by atoms with Crippen LogP contribution in [-0.2, 0) is 6.18 Å². The number of halogens is 3. The minimum Gasteiger partial charge on any atom is -0.473 e. The molecule has 4 heterocycles. The molecule has 0 bridgehead atoms. The monoisotopic (exact) mass is 578 g/mol. The number of alkyl halides is 3. The van der Waals surface area contributed by atoms with Crippen LogP contribution < -0.4 is 21.1 Å². The van der Waals surface area contributed by atoms with Crippen molar-refractivity contribution in [3.8, 4) is 39.0 Å². The van der Waals surface area contributed by atoms with Crippen LogP contribution >= 0.6 is 11.3 Å². The Labute approximate surface area is 229 Å². The molecule has 12 nitrogen and oxygen atoms in total. The van der Waals surface area contributed by atoms with E-state index in [9.17, 15) is 22.8 Å². The zero-order chi connectivity index (χ0) is 29.0. The summed E-state index contributed by atoms with van der Waals surface area (Å²) in [6.07, 6.45) is -2.22. The van der Waals surface area contributed by atoms with Gasteiger partial charge in [0.05, 0.1) is 5.56 Å². The molecule has 0 spiro atoms. The molecule has 0 saturated carbocycles. The number of ether oxygens (including phenoxy) is 1. The Morgan fingerprint density at radius 1 is 1.20 bits per heavy atom. The number of anilines is 1. The highest BCUT2D eigenvalue weighted by Crippen LogP contribution is 2.41. The van der Waals surface area contributed by atoms with Crippen LogP contribution in [0.25, 0.3) is 33.2 Å². The lowest BCUT2D eigenvalue weighted by atomic mass is 10.0. The van der Waals surface area contributed by atoms with Crippen LogP contribution in [-0.4, -0.2) is 69.4 Å². The molecular formula is C24H25F3N8O4S. The van der Waals surface area contributed by atoms with Crippen molar-refractivity contribution in [3.05, 3.63) is 46.2 Å². The predicted octanol–water partition coefficient (Wildman–Crippen LogP) is 4.10. The van der Waals surface area contributed by atoms with Gasteiger partial charge in [-0.05, 0) is 40.1 Å². The average Bonchev–Trinajstić information content (AvgIpc) is 3.54. The van der Waals surface area contributed by atoms with Gasteiger partial charge in [-0.25, -0.2) is 29.6 Å². The quantitative estimate of drug-likeness (QED) is 0.267. The number of hydrogen-bond donors (Lipinski definition) is 3. The highest BCUT2D eigenvalue weighted by atomic mass is 32.1. The summed E-state index contributed by atoms with van der Waals surface area (Å²) in [6.45, 7) is 4.46. The van der Waals surface area contributed by atoms with Crippen LogP contribution in [0.15, 0.2) is 39.1 Å². The Balaban J connectivity index is 1.90. The number of thiazole rings is 1. The van der Waals surface area contributed by atoms with Crippen molar-refractivity contribution in [3.63, 3.8) is 0 Å². The molecule has 16 heteroatoms. The molecule has 0 aromatic carbocycles. The molecule has 3 N–H and O–H groups in total. The number of urea groups is 1. The molecule has 0 saturated heterocycles. The molecule has 4 aromatic rings. The lowest BCUT2D eigenvalue weighted by Crippen LogP contribution is -2.28. The number of carbonyl (C=O) groups is 1. The SMILES string of the molecule is CCNC(=O)Nc1cc(-c2nc(C(F)(F)F)cs2)c(-c2cc(-c3n[nH]c(=O)o3)cnc2OC(C)CN(C)C)cn1. The molecule has 0 aliphatic rings. The molecule has 1 unspecified atom stereocenters. The number of aromatic amines is 1. The zero-order valence-electron chi connectivity index (χ0n) is 21.8. The van der Waals surface area contributed by atoms with Gasteiger partial charge in [-0.3, -0.25) is 5.32 Å². The molecule has 0 fully saturated rings. The predicted molar refractivity (Wildman–Crippen MR) is 141 cm³/mol. The van der Waals surface area contributed by atoms with Gasteiger partial charge >= 0.3 is 18.0 Å². The Morgan fingerprint density at radius 2 is 1.98 bits per heavy atom. The maximum atomic E-state index is 13.4. The average molecular weight is 579 g/mol. The number of nitrogens with zero attached hydrogens (tertiary/aromatic N) is 5. The molecule has 0 aliphatic heterocycles. The van der Waals surface area contributed by atoms with Crippen LogP contribution in [0.5, 0.6) is 5.88 Å². The largest absolute Gasteiger partial charge is 0.473 e. The lowest BCUT2D eigenvalue weighted by Gasteiger charge is -2.20. The normalized spacial score (nSPS) is 12.4. The summed E-state index contributed by atoms with van der Waals surface area (Å²) in [5.41, 5.74) is 0.101. The lowest BCUT2D eigenvalue weighted by molar-refractivity contribution is -0.140. The first-order valence-corrected chi connectivity index (χ1v) is 12.8. The van der Waals surface area contributed by atoms with E-state index < -0.39 is 23.7 Å². The van der Waals surface area contributed by atoms with Crippen LogP contribution in [0, 0.1) is 0 Å². The van der Waals surface area contributed by atoms with E-state index in [1.165, 1.54) is 18.5 Å². The fourth-order valence-corrected chi connectivity index (χ4v) is 4.57. The van der Waals surface area contributed by atoms with Crippen LogP contribution in [0.2, 0.25) is 0 Å². The standard InChI is InChI=1S/C24H25F3N8O4S/c1-5-28-22(36)32-18-7-15(21-31-17(11-40-21)24(25,26)27)16(9-29-18)14-6-13(19-33-34-23(37)39-19)8-30-20(14)38-12(2)10-35(3)4/h6-9,11-12H,5,10H2,1-4H3,(H,34,37)(H2,28,29,32,36). The summed E-state index contributed by atoms with van der Waals surface area (Å²) >= 11 is 0.776. The second kappa shape index (κ2) is 11.8. The highest BCUT2D eigenvalue weighted by Gasteiger charge is 2.34. The van der Waals surface area contributed by atoms with Crippen molar-refractivity contribution in [1.29, 1.82) is 0 Å². The molecule has 4 aromatic heterocycles. The summed E-state index contributed by atoms with van der Waals surface area (Å²) in [7, 11) is 3.75. The van der Waals surface area contributed by atoms with E-state index in [0.717, 1.165) is 16.7 Å². The third kappa shape index (κ3) is 6.81. The number of hydrogen-bond acceptors (Lipinski definition) is 10. The maximum Gasteiger partial charge on any atom is 0.434 e. The van der Waals surface area contributed by atoms with E-state index >= 15 is 0 Å². The number of nitrogens with one attached hydrogen (secondary N) is 3.